The van der Waals surface area contributed by atoms with Crippen LogP contribution in [0.3, 0.4) is 0 Å². The lowest BCUT2D eigenvalue weighted by molar-refractivity contribution is -0.231. The summed E-state index contributed by atoms with van der Waals surface area (Å²) in [5.74, 6) is -1.92. The van der Waals surface area contributed by atoms with Crippen molar-refractivity contribution in [1.29, 1.82) is 0 Å². The lowest BCUT2D eigenvalue weighted by atomic mass is 9.90. The normalized spacial score (nSPS) is 21.0. The molecule has 5 rings (SSSR count). The van der Waals surface area contributed by atoms with Crippen molar-refractivity contribution in [3.63, 3.8) is 0 Å². The molecule has 1 aliphatic rings. The molecule has 4 aromatic rings. The summed E-state index contributed by atoms with van der Waals surface area (Å²) in [6.07, 6.45) is -3.14. The summed E-state index contributed by atoms with van der Waals surface area (Å²) in [5.41, 5.74) is 16.9. The summed E-state index contributed by atoms with van der Waals surface area (Å²) in [6, 6.07) is 33.2. The van der Waals surface area contributed by atoms with Gasteiger partial charge in [-0.1, -0.05) is 116 Å². The van der Waals surface area contributed by atoms with E-state index in [0.29, 0.717) is 18.4 Å². The smallest absolute Gasteiger partial charge is 0.320 e. The van der Waals surface area contributed by atoms with E-state index < -0.39 is 61.1 Å². The standard InChI is InChI=1S/C21H26O5.2C9H11NO2/c1-2-13-6-8-14(9-7-13)10-15-4-3-5-16(11-15)21-20(25)19(24)18(23)17(12-22)26-21;2*10-8(9(11)12)6-7-4-2-1-3-5-7/h3-9,11,17-25H,2,10,12H2,1H3;2*1-5,8H,6,10H2,(H,11,12)/t17-,18-,19+,20-,21+;2*8-/m100/s1. The first-order chi connectivity index (χ1) is 23.9. The number of nitrogens with two attached hydrogens (primary N) is 2. The van der Waals surface area contributed by atoms with Gasteiger partial charge in [0.2, 0.25) is 0 Å². The van der Waals surface area contributed by atoms with E-state index >= 15 is 0 Å². The van der Waals surface area contributed by atoms with Gasteiger partial charge in [0.25, 0.3) is 0 Å². The molecule has 0 aliphatic carbocycles. The third-order valence-electron chi connectivity index (χ3n) is 8.24. The third kappa shape index (κ3) is 12.5. The third-order valence-corrected chi connectivity index (χ3v) is 8.24. The molecule has 7 atom stereocenters. The Morgan fingerprint density at radius 1 is 0.640 bits per heavy atom. The van der Waals surface area contributed by atoms with E-state index in [1.807, 2.05) is 84.9 Å². The Morgan fingerprint density at radius 3 is 1.58 bits per heavy atom. The number of carboxylic acid groups (broad SMARTS) is 2. The second-order valence-electron chi connectivity index (χ2n) is 12.1. The Balaban J connectivity index is 0.000000234. The van der Waals surface area contributed by atoms with Gasteiger partial charge in [-0.2, -0.15) is 0 Å². The molecule has 11 heteroatoms. The molecule has 1 fully saturated rings. The minimum atomic E-state index is -1.36. The first kappa shape index (κ1) is 40.0. The minimum Gasteiger partial charge on any atom is -0.480 e. The van der Waals surface area contributed by atoms with E-state index in [2.05, 4.69) is 31.2 Å². The fourth-order valence-corrected chi connectivity index (χ4v) is 5.30. The number of aryl methyl sites for hydroxylation is 1. The summed E-state index contributed by atoms with van der Waals surface area (Å²) in [5, 5.41) is 56.6. The highest BCUT2D eigenvalue weighted by molar-refractivity contribution is 5.73. The topological polar surface area (TPSA) is 217 Å². The lowest BCUT2D eigenvalue weighted by Crippen LogP contribution is -2.55. The molecular formula is C39H48N2O9. The van der Waals surface area contributed by atoms with Crippen molar-refractivity contribution < 1.29 is 45.0 Å². The number of hydrogen-bond acceptors (Lipinski definition) is 9. The molecule has 0 bridgehead atoms. The fraction of sp³-hybridized carbons (Fsp3) is 0.333. The summed E-state index contributed by atoms with van der Waals surface area (Å²) < 4.78 is 5.64. The van der Waals surface area contributed by atoms with E-state index in [4.69, 9.17) is 26.4 Å². The molecule has 1 aliphatic heterocycles. The van der Waals surface area contributed by atoms with Crippen molar-refractivity contribution in [2.24, 2.45) is 11.5 Å². The Kier molecular flexibility index (Phi) is 16.2. The lowest BCUT2D eigenvalue weighted by Gasteiger charge is -2.40. The second-order valence-corrected chi connectivity index (χ2v) is 12.1. The number of aliphatic hydroxyl groups is 4. The first-order valence-corrected chi connectivity index (χ1v) is 16.4. The minimum absolute atomic E-state index is 0.385. The van der Waals surface area contributed by atoms with Gasteiger partial charge in [0.05, 0.1) is 6.61 Å². The zero-order valence-electron chi connectivity index (χ0n) is 28.0. The number of aliphatic carboxylic acids is 2. The van der Waals surface area contributed by atoms with Crippen molar-refractivity contribution in [2.45, 2.75) is 75.2 Å². The number of rotatable bonds is 11. The molecule has 0 amide bonds. The maximum atomic E-state index is 10.4. The van der Waals surface area contributed by atoms with Gasteiger partial charge in [-0.3, -0.25) is 9.59 Å². The van der Waals surface area contributed by atoms with Gasteiger partial charge >= 0.3 is 11.9 Å². The number of hydrogen-bond donors (Lipinski definition) is 8. The molecule has 4 aromatic carbocycles. The number of ether oxygens (including phenoxy) is 1. The highest BCUT2D eigenvalue weighted by Crippen LogP contribution is 2.33. The predicted octanol–water partition coefficient (Wildman–Crippen LogP) is 2.64. The number of carbonyl (C=O) groups is 2. The molecule has 11 nitrogen and oxygen atoms in total. The fourth-order valence-electron chi connectivity index (χ4n) is 5.30. The second kappa shape index (κ2) is 20.3. The van der Waals surface area contributed by atoms with E-state index in [9.17, 15) is 30.0 Å². The predicted molar refractivity (Wildman–Crippen MR) is 189 cm³/mol. The van der Waals surface area contributed by atoms with Crippen molar-refractivity contribution in [3.05, 3.63) is 143 Å². The number of carboxylic acids is 2. The van der Waals surface area contributed by atoms with E-state index in [1.165, 1.54) is 11.1 Å². The van der Waals surface area contributed by atoms with Crippen molar-refractivity contribution in [3.8, 4) is 0 Å². The Morgan fingerprint density at radius 2 is 1.12 bits per heavy atom. The first-order valence-electron chi connectivity index (χ1n) is 16.4. The molecule has 0 radical (unpaired) electrons. The van der Waals surface area contributed by atoms with E-state index in [1.54, 1.807) is 0 Å². The molecule has 0 saturated carbocycles. The Bertz CT molecular complexity index is 1530. The van der Waals surface area contributed by atoms with Gasteiger partial charge < -0.3 is 46.8 Å². The van der Waals surface area contributed by atoms with Crippen LogP contribution in [0.4, 0.5) is 0 Å². The Labute approximate surface area is 292 Å². The van der Waals surface area contributed by atoms with Crippen molar-refractivity contribution in [1.82, 2.24) is 0 Å². The van der Waals surface area contributed by atoms with Gasteiger partial charge in [0.1, 0.15) is 42.6 Å². The quantitative estimate of drug-likeness (QED) is 0.115. The van der Waals surface area contributed by atoms with Gasteiger partial charge in [-0.15, -0.1) is 0 Å². The van der Waals surface area contributed by atoms with Crippen LogP contribution >= 0.6 is 0 Å². The van der Waals surface area contributed by atoms with Gasteiger partial charge in [-0.25, -0.2) is 0 Å². The molecule has 10 N–H and O–H groups in total. The summed E-state index contributed by atoms with van der Waals surface area (Å²) >= 11 is 0. The Hall–Kier alpha value is -4.46. The van der Waals surface area contributed by atoms with Gasteiger partial charge in [0, 0.05) is 0 Å². The molecule has 1 heterocycles. The van der Waals surface area contributed by atoms with Gasteiger partial charge in [0.15, 0.2) is 0 Å². The highest BCUT2D eigenvalue weighted by atomic mass is 16.5. The van der Waals surface area contributed by atoms with Crippen LogP contribution in [-0.4, -0.2) is 85.7 Å². The molecule has 0 spiro atoms. The van der Waals surface area contributed by atoms with Crippen LogP contribution in [0.5, 0.6) is 0 Å². The average molecular weight is 689 g/mol. The van der Waals surface area contributed by atoms with Crippen molar-refractivity contribution >= 4 is 11.9 Å². The van der Waals surface area contributed by atoms with E-state index in [0.717, 1.165) is 29.5 Å². The molecule has 268 valence electrons. The van der Waals surface area contributed by atoms with Crippen LogP contribution in [0.2, 0.25) is 0 Å². The monoisotopic (exact) mass is 688 g/mol. The SMILES string of the molecule is CCc1ccc(Cc2cccc([C@@H]3O[C@H](CO)[C@@H](O)[C@H](O)[C@H]3O)c2)cc1.N[C@@H](Cc1ccccc1)C(=O)O.N[C@@H](Cc1ccccc1)C(=O)O. The molecule has 1 saturated heterocycles. The zero-order chi connectivity index (χ0) is 36.6. The van der Waals surface area contributed by atoms with Crippen LogP contribution in [0, 0.1) is 0 Å². The number of benzene rings is 4. The van der Waals surface area contributed by atoms with Gasteiger partial charge in [-0.05, 0) is 59.1 Å². The largest absolute Gasteiger partial charge is 0.480 e. The van der Waals surface area contributed by atoms with Crippen LogP contribution in [0.15, 0.2) is 109 Å². The van der Waals surface area contributed by atoms with E-state index in [-0.39, 0.29) is 0 Å². The summed E-state index contributed by atoms with van der Waals surface area (Å²) in [4.78, 5) is 20.8. The number of aliphatic hydroxyl groups excluding tert-OH is 4. The average Bonchev–Trinajstić information content (AvgIpc) is 3.12. The van der Waals surface area contributed by atoms with Crippen molar-refractivity contribution in [2.75, 3.05) is 6.61 Å². The zero-order valence-corrected chi connectivity index (χ0v) is 28.0. The maximum Gasteiger partial charge on any atom is 0.320 e. The highest BCUT2D eigenvalue weighted by Gasteiger charge is 2.43. The summed E-state index contributed by atoms with van der Waals surface area (Å²) in [7, 11) is 0. The molecule has 0 unspecified atom stereocenters. The van der Waals surface area contributed by atoms with Crippen LogP contribution < -0.4 is 11.5 Å². The maximum absolute atomic E-state index is 10.4. The van der Waals surface area contributed by atoms with Crippen LogP contribution in [0.1, 0.15) is 46.4 Å². The van der Waals surface area contributed by atoms with Crippen LogP contribution in [0.25, 0.3) is 0 Å². The summed E-state index contributed by atoms with van der Waals surface area (Å²) in [6.45, 7) is 1.70. The molecule has 0 aromatic heterocycles. The van der Waals surface area contributed by atoms with Crippen LogP contribution in [-0.2, 0) is 40.0 Å². The molecular weight excluding hydrogens is 640 g/mol. The molecule has 50 heavy (non-hydrogen) atoms.